The van der Waals surface area contributed by atoms with Gasteiger partial charge in [0.2, 0.25) is 5.91 Å². The van der Waals surface area contributed by atoms with Gasteiger partial charge in [-0.05, 0) is 48.9 Å². The molecule has 0 aliphatic carbocycles. The van der Waals surface area contributed by atoms with Crippen LogP contribution in [0.25, 0.3) is 0 Å². The molecule has 150 valence electrons. The number of esters is 1. The second kappa shape index (κ2) is 8.04. The number of amides is 4. The van der Waals surface area contributed by atoms with E-state index in [2.05, 4.69) is 31.3 Å². The number of nitrogens with one attached hydrogen (secondary N) is 2. The first kappa shape index (κ1) is 20.5. The summed E-state index contributed by atoms with van der Waals surface area (Å²) in [4.78, 5) is 49.9. The van der Waals surface area contributed by atoms with E-state index in [1.165, 1.54) is 31.4 Å². The molecule has 0 aromatic heterocycles. The summed E-state index contributed by atoms with van der Waals surface area (Å²) in [6.45, 7) is 1.16. The minimum absolute atomic E-state index is 0.337. The van der Waals surface area contributed by atoms with Crippen LogP contribution < -0.4 is 10.6 Å². The minimum atomic E-state index is -1.26. The average molecular weight is 460 g/mol. The third-order valence-corrected chi connectivity index (χ3v) is 5.06. The fourth-order valence-corrected chi connectivity index (χ4v) is 3.39. The largest absolute Gasteiger partial charge is 0.465 e. The number of benzene rings is 2. The Morgan fingerprint density at radius 3 is 2.48 bits per heavy atom. The molecule has 2 aromatic rings. The molecule has 1 aliphatic rings. The molecular weight excluding hydrogens is 442 g/mol. The van der Waals surface area contributed by atoms with Crippen LogP contribution in [0.5, 0.6) is 0 Å². The lowest BCUT2D eigenvalue weighted by atomic mass is 9.92. The summed E-state index contributed by atoms with van der Waals surface area (Å²) in [6.07, 6.45) is 0. The smallest absolute Gasteiger partial charge is 0.337 e. The molecule has 1 aliphatic heterocycles. The number of carbonyl (C=O) groups is 4. The third-order valence-electron chi connectivity index (χ3n) is 4.57. The molecule has 0 spiro atoms. The van der Waals surface area contributed by atoms with Crippen molar-refractivity contribution < 1.29 is 23.9 Å². The Hall–Kier alpha value is -3.20. The molecule has 1 saturated heterocycles. The predicted octanol–water partition coefficient (Wildman–Crippen LogP) is 2.64. The molecule has 0 saturated carbocycles. The van der Waals surface area contributed by atoms with Gasteiger partial charge in [-0.3, -0.25) is 14.5 Å². The van der Waals surface area contributed by atoms with Gasteiger partial charge in [0.25, 0.3) is 5.91 Å². The maximum Gasteiger partial charge on any atom is 0.337 e. The molecule has 0 radical (unpaired) electrons. The number of carbonyl (C=O) groups excluding carboxylic acids is 4. The number of hydrogen-bond donors (Lipinski definition) is 2. The number of nitrogens with zero attached hydrogens (tertiary/aromatic N) is 1. The number of imide groups is 1. The van der Waals surface area contributed by atoms with Crippen molar-refractivity contribution in [1.82, 2.24) is 10.2 Å². The van der Waals surface area contributed by atoms with Gasteiger partial charge >= 0.3 is 12.0 Å². The SMILES string of the molecule is COC(=O)c1ccc(NC(=O)CN2C(=O)NC(C)(c3cccc(Br)c3)C2=O)cc1. The molecule has 1 fully saturated rings. The van der Waals surface area contributed by atoms with Gasteiger partial charge in [0.05, 0.1) is 12.7 Å². The van der Waals surface area contributed by atoms with Gasteiger partial charge in [-0.25, -0.2) is 9.59 Å². The maximum absolute atomic E-state index is 12.9. The normalized spacial score (nSPS) is 18.4. The van der Waals surface area contributed by atoms with Crippen molar-refractivity contribution in [3.05, 3.63) is 64.1 Å². The predicted molar refractivity (Wildman–Crippen MR) is 108 cm³/mol. The highest BCUT2D eigenvalue weighted by atomic mass is 79.9. The van der Waals surface area contributed by atoms with E-state index in [1.807, 2.05) is 6.07 Å². The quantitative estimate of drug-likeness (QED) is 0.528. The Balaban J connectivity index is 1.70. The molecule has 8 nitrogen and oxygen atoms in total. The number of hydrogen-bond acceptors (Lipinski definition) is 5. The zero-order chi connectivity index (χ0) is 21.2. The molecule has 1 atom stereocenters. The van der Waals surface area contributed by atoms with E-state index in [1.54, 1.807) is 25.1 Å². The van der Waals surface area contributed by atoms with Crippen LogP contribution in [0.2, 0.25) is 0 Å². The zero-order valence-corrected chi connectivity index (χ0v) is 17.3. The highest BCUT2D eigenvalue weighted by molar-refractivity contribution is 9.10. The topological polar surface area (TPSA) is 105 Å². The Labute approximate surface area is 175 Å². The molecular formula is C20H18BrN3O5. The van der Waals surface area contributed by atoms with Crippen LogP contribution in [0, 0.1) is 0 Å². The second-order valence-corrected chi connectivity index (χ2v) is 7.49. The average Bonchev–Trinajstić information content (AvgIpc) is 2.92. The highest BCUT2D eigenvalue weighted by Gasteiger charge is 2.49. The summed E-state index contributed by atoms with van der Waals surface area (Å²) in [5.74, 6) is -1.55. The number of rotatable bonds is 5. The van der Waals surface area contributed by atoms with Crippen molar-refractivity contribution in [2.24, 2.45) is 0 Å². The van der Waals surface area contributed by atoms with Crippen LogP contribution >= 0.6 is 15.9 Å². The van der Waals surface area contributed by atoms with Gasteiger partial charge in [-0.15, -0.1) is 0 Å². The Bertz CT molecular complexity index is 992. The van der Waals surface area contributed by atoms with Crippen LogP contribution in [0.15, 0.2) is 53.0 Å². The van der Waals surface area contributed by atoms with Crippen LogP contribution in [-0.4, -0.2) is 42.4 Å². The number of anilines is 1. The zero-order valence-electron chi connectivity index (χ0n) is 15.7. The van der Waals surface area contributed by atoms with E-state index in [0.29, 0.717) is 16.8 Å². The second-order valence-electron chi connectivity index (χ2n) is 6.57. The molecule has 2 N–H and O–H groups in total. The monoisotopic (exact) mass is 459 g/mol. The lowest BCUT2D eigenvalue weighted by molar-refractivity contribution is -0.133. The summed E-state index contributed by atoms with van der Waals surface area (Å²) in [5.41, 5.74) is 0.101. The summed E-state index contributed by atoms with van der Waals surface area (Å²) < 4.78 is 5.38. The Kier molecular flexibility index (Phi) is 5.69. The minimum Gasteiger partial charge on any atom is -0.465 e. The molecule has 9 heteroatoms. The van der Waals surface area contributed by atoms with Crippen molar-refractivity contribution >= 4 is 45.4 Å². The number of urea groups is 1. The van der Waals surface area contributed by atoms with Gasteiger partial charge in [-0.1, -0.05) is 28.1 Å². The van der Waals surface area contributed by atoms with Crippen LogP contribution in [0.4, 0.5) is 10.5 Å². The molecule has 4 amide bonds. The lowest BCUT2D eigenvalue weighted by Crippen LogP contribution is -2.42. The van der Waals surface area contributed by atoms with E-state index < -0.39 is 35.9 Å². The van der Waals surface area contributed by atoms with Crippen molar-refractivity contribution in [2.75, 3.05) is 19.0 Å². The van der Waals surface area contributed by atoms with E-state index in [-0.39, 0.29) is 0 Å². The van der Waals surface area contributed by atoms with Crippen LogP contribution in [0.1, 0.15) is 22.8 Å². The number of methoxy groups -OCH3 is 1. The summed E-state index contributed by atoms with van der Waals surface area (Å²) >= 11 is 3.35. The summed E-state index contributed by atoms with van der Waals surface area (Å²) in [6, 6.07) is 12.5. The van der Waals surface area contributed by atoms with Crippen molar-refractivity contribution in [2.45, 2.75) is 12.5 Å². The van der Waals surface area contributed by atoms with E-state index in [4.69, 9.17) is 0 Å². The van der Waals surface area contributed by atoms with Crippen LogP contribution in [-0.2, 0) is 19.9 Å². The lowest BCUT2D eigenvalue weighted by Gasteiger charge is -2.22. The Morgan fingerprint density at radius 1 is 1.17 bits per heavy atom. The molecule has 29 heavy (non-hydrogen) atoms. The first-order chi connectivity index (χ1) is 13.7. The van der Waals surface area contributed by atoms with Gasteiger partial charge < -0.3 is 15.4 Å². The number of halogens is 1. The highest BCUT2D eigenvalue weighted by Crippen LogP contribution is 2.30. The van der Waals surface area contributed by atoms with Crippen molar-refractivity contribution in [1.29, 1.82) is 0 Å². The first-order valence-corrected chi connectivity index (χ1v) is 9.42. The fraction of sp³-hybridized carbons (Fsp3) is 0.200. The molecule has 1 heterocycles. The molecule has 2 aromatic carbocycles. The standard InChI is InChI=1S/C20H18BrN3O5/c1-20(13-4-3-5-14(21)10-13)18(27)24(19(28)23-20)11-16(25)22-15-8-6-12(7-9-15)17(26)29-2/h3-10H,11H2,1-2H3,(H,22,25)(H,23,28). The number of ether oxygens (including phenoxy) is 1. The first-order valence-electron chi connectivity index (χ1n) is 8.63. The van der Waals surface area contributed by atoms with Crippen LogP contribution in [0.3, 0.4) is 0 Å². The van der Waals surface area contributed by atoms with E-state index in [0.717, 1.165) is 9.37 Å². The van der Waals surface area contributed by atoms with Gasteiger partial charge in [0.15, 0.2) is 0 Å². The molecule has 0 bridgehead atoms. The maximum atomic E-state index is 12.9. The van der Waals surface area contributed by atoms with Gasteiger partial charge in [-0.2, -0.15) is 0 Å². The van der Waals surface area contributed by atoms with Gasteiger partial charge in [0.1, 0.15) is 12.1 Å². The van der Waals surface area contributed by atoms with Crippen molar-refractivity contribution in [3.8, 4) is 0 Å². The molecule has 3 rings (SSSR count). The third kappa shape index (κ3) is 4.14. The fourth-order valence-electron chi connectivity index (χ4n) is 2.99. The Morgan fingerprint density at radius 2 is 1.86 bits per heavy atom. The summed E-state index contributed by atoms with van der Waals surface area (Å²) in [5, 5.41) is 5.25. The van der Waals surface area contributed by atoms with Crippen molar-refractivity contribution in [3.63, 3.8) is 0 Å². The van der Waals surface area contributed by atoms with Gasteiger partial charge in [0, 0.05) is 10.2 Å². The van der Waals surface area contributed by atoms with E-state index in [9.17, 15) is 19.2 Å². The van der Waals surface area contributed by atoms with E-state index >= 15 is 0 Å². The molecule has 1 unspecified atom stereocenters. The summed E-state index contributed by atoms with van der Waals surface area (Å²) in [7, 11) is 1.28.